The number of alkyl halides is 1. The molecular weight excluding hydrogens is 455 g/mol. The van der Waals surface area contributed by atoms with Crippen LogP contribution in [0.5, 0.6) is 0 Å². The number of carbonyl (C=O) groups is 1. The fraction of sp³-hybridized carbons (Fsp3) is 0.857. The lowest BCUT2D eigenvalue weighted by atomic mass is 9.95. The minimum atomic E-state index is -1.81. The van der Waals surface area contributed by atoms with Gasteiger partial charge in [0, 0.05) is 29.3 Å². The third kappa shape index (κ3) is 7.62. The number of halogens is 1. The van der Waals surface area contributed by atoms with Crippen LogP contribution in [-0.4, -0.2) is 30.9 Å². The standard InChI is InChI=1S/C21H39IO3Si/c1-16-11-8-9-12-18(17(2)15-22)24-20(23)14-10-13-19(16)25-26(6,7)21(3,4)5/h8-9,16-19H,10-15H2,1-7H3/b9-8+/t16-,17-,18+,19-/m0/s1. The third-order valence-electron chi connectivity index (χ3n) is 5.96. The van der Waals surface area contributed by atoms with Gasteiger partial charge in [-0.1, -0.05) is 69.4 Å². The highest BCUT2D eigenvalue weighted by Crippen LogP contribution is 2.39. The summed E-state index contributed by atoms with van der Waals surface area (Å²) in [4.78, 5) is 12.3. The highest BCUT2D eigenvalue weighted by Gasteiger charge is 2.40. The van der Waals surface area contributed by atoms with Gasteiger partial charge in [-0.2, -0.15) is 0 Å². The number of carbonyl (C=O) groups excluding carboxylic acids is 1. The van der Waals surface area contributed by atoms with E-state index in [0.717, 1.165) is 30.1 Å². The highest BCUT2D eigenvalue weighted by atomic mass is 127. The Morgan fingerprint density at radius 2 is 1.92 bits per heavy atom. The first-order valence-corrected chi connectivity index (χ1v) is 14.5. The summed E-state index contributed by atoms with van der Waals surface area (Å²) in [6.07, 6.45) is 8.80. The van der Waals surface area contributed by atoms with Crippen molar-refractivity contribution in [1.82, 2.24) is 0 Å². The summed E-state index contributed by atoms with van der Waals surface area (Å²) in [5.41, 5.74) is 0. The molecule has 0 aromatic carbocycles. The van der Waals surface area contributed by atoms with E-state index in [0.29, 0.717) is 18.3 Å². The summed E-state index contributed by atoms with van der Waals surface area (Å²) >= 11 is 2.37. The lowest BCUT2D eigenvalue weighted by molar-refractivity contribution is -0.151. The van der Waals surface area contributed by atoms with Crippen LogP contribution in [0.4, 0.5) is 0 Å². The maximum absolute atomic E-state index is 12.3. The fourth-order valence-corrected chi connectivity index (χ4v) is 4.91. The largest absolute Gasteiger partial charge is 0.462 e. The maximum Gasteiger partial charge on any atom is 0.306 e. The van der Waals surface area contributed by atoms with E-state index >= 15 is 0 Å². The molecule has 0 saturated heterocycles. The fourth-order valence-electron chi connectivity index (χ4n) is 2.88. The number of ether oxygens (including phenoxy) is 1. The third-order valence-corrected chi connectivity index (χ3v) is 11.9. The molecule has 152 valence electrons. The second-order valence-electron chi connectivity index (χ2n) is 9.39. The van der Waals surface area contributed by atoms with Gasteiger partial charge in [0.25, 0.3) is 0 Å². The normalized spacial score (nSPS) is 29.2. The molecule has 0 fully saturated rings. The van der Waals surface area contributed by atoms with E-state index < -0.39 is 8.32 Å². The van der Waals surface area contributed by atoms with Crippen LogP contribution in [0.2, 0.25) is 18.1 Å². The van der Waals surface area contributed by atoms with Crippen molar-refractivity contribution < 1.29 is 14.0 Å². The SMILES string of the molecule is C[C@H]1C/C=C/C[C@H]([C@@H](C)CI)OC(=O)CCC[C@@H]1O[Si](C)(C)C(C)(C)C. The predicted octanol–water partition coefficient (Wildman–Crippen LogP) is 6.52. The van der Waals surface area contributed by atoms with Crippen LogP contribution in [0, 0.1) is 11.8 Å². The van der Waals surface area contributed by atoms with E-state index in [1.54, 1.807) is 0 Å². The van der Waals surface area contributed by atoms with Crippen LogP contribution in [0.25, 0.3) is 0 Å². The van der Waals surface area contributed by atoms with Crippen LogP contribution in [-0.2, 0) is 14.0 Å². The first kappa shape index (κ1) is 24.2. The summed E-state index contributed by atoms with van der Waals surface area (Å²) < 4.78 is 13.5. The van der Waals surface area contributed by atoms with Gasteiger partial charge in [-0.15, -0.1) is 0 Å². The van der Waals surface area contributed by atoms with Crippen LogP contribution in [0.15, 0.2) is 12.2 Å². The van der Waals surface area contributed by atoms with Crippen molar-refractivity contribution in [2.24, 2.45) is 11.8 Å². The molecule has 0 N–H and O–H groups in total. The second-order valence-corrected chi connectivity index (χ2v) is 15.0. The van der Waals surface area contributed by atoms with E-state index in [1.165, 1.54) is 0 Å². The van der Waals surface area contributed by atoms with Crippen LogP contribution >= 0.6 is 22.6 Å². The lowest BCUT2D eigenvalue weighted by Gasteiger charge is -2.41. The molecule has 0 spiro atoms. The van der Waals surface area contributed by atoms with E-state index in [4.69, 9.17) is 9.16 Å². The van der Waals surface area contributed by atoms with Gasteiger partial charge in [-0.05, 0) is 43.3 Å². The second kappa shape index (κ2) is 10.6. The molecule has 0 aromatic rings. The summed E-state index contributed by atoms with van der Waals surface area (Å²) in [7, 11) is -1.81. The Balaban J connectivity index is 2.86. The molecular formula is C21H39IO3Si. The molecule has 0 aliphatic carbocycles. The molecule has 26 heavy (non-hydrogen) atoms. The summed E-state index contributed by atoms with van der Waals surface area (Å²) in [6.45, 7) is 15.9. The summed E-state index contributed by atoms with van der Waals surface area (Å²) in [5.74, 6) is 0.801. The van der Waals surface area contributed by atoms with Crippen molar-refractivity contribution >= 4 is 36.9 Å². The van der Waals surface area contributed by atoms with Crippen molar-refractivity contribution in [3.8, 4) is 0 Å². The minimum absolute atomic E-state index is 0.00432. The summed E-state index contributed by atoms with van der Waals surface area (Å²) in [6, 6.07) is 0. The Morgan fingerprint density at radius 1 is 1.31 bits per heavy atom. The van der Waals surface area contributed by atoms with Gasteiger partial charge in [0.15, 0.2) is 8.32 Å². The van der Waals surface area contributed by atoms with Gasteiger partial charge >= 0.3 is 5.97 Å². The topological polar surface area (TPSA) is 35.5 Å². The van der Waals surface area contributed by atoms with Crippen LogP contribution < -0.4 is 0 Å². The average molecular weight is 495 g/mol. The first-order chi connectivity index (χ1) is 12.0. The Kier molecular flexibility index (Phi) is 9.85. The number of cyclic esters (lactones) is 1. The number of allylic oxidation sites excluding steroid dienone is 1. The number of hydrogen-bond acceptors (Lipinski definition) is 3. The zero-order chi connectivity index (χ0) is 20.0. The number of hydrogen-bond donors (Lipinski definition) is 0. The number of esters is 1. The molecule has 0 unspecified atom stereocenters. The highest BCUT2D eigenvalue weighted by molar-refractivity contribution is 14.1. The quantitative estimate of drug-likeness (QED) is 0.147. The zero-order valence-corrected chi connectivity index (χ0v) is 21.0. The van der Waals surface area contributed by atoms with Gasteiger partial charge in [-0.3, -0.25) is 4.79 Å². The van der Waals surface area contributed by atoms with Crippen LogP contribution in [0.1, 0.15) is 66.7 Å². The molecule has 1 aliphatic heterocycles. The van der Waals surface area contributed by atoms with E-state index in [-0.39, 0.29) is 23.2 Å². The molecule has 3 nitrogen and oxygen atoms in total. The number of rotatable bonds is 4. The summed E-state index contributed by atoms with van der Waals surface area (Å²) in [5, 5.41) is 0.202. The molecule has 5 heteroatoms. The van der Waals surface area contributed by atoms with Gasteiger partial charge in [0.2, 0.25) is 0 Å². The zero-order valence-electron chi connectivity index (χ0n) is 17.8. The molecule has 0 amide bonds. The van der Waals surface area contributed by atoms with E-state index in [9.17, 15) is 4.79 Å². The van der Waals surface area contributed by atoms with Crippen molar-refractivity contribution in [3.05, 3.63) is 12.2 Å². The van der Waals surface area contributed by atoms with Crippen LogP contribution in [0.3, 0.4) is 0 Å². The molecule has 0 bridgehead atoms. The van der Waals surface area contributed by atoms with E-state index in [2.05, 4.69) is 82.5 Å². The van der Waals surface area contributed by atoms with Crippen molar-refractivity contribution in [2.45, 2.75) is 97.1 Å². The molecule has 1 rings (SSSR count). The molecule has 0 aromatic heterocycles. The molecule has 1 aliphatic rings. The Labute approximate surface area is 175 Å². The van der Waals surface area contributed by atoms with Gasteiger partial charge in [0.1, 0.15) is 6.10 Å². The van der Waals surface area contributed by atoms with Crippen molar-refractivity contribution in [3.63, 3.8) is 0 Å². The molecule has 0 radical (unpaired) electrons. The Hall–Kier alpha value is 0.117. The smallest absolute Gasteiger partial charge is 0.306 e. The maximum atomic E-state index is 12.3. The molecule has 4 atom stereocenters. The minimum Gasteiger partial charge on any atom is -0.462 e. The van der Waals surface area contributed by atoms with Crippen molar-refractivity contribution in [1.29, 1.82) is 0 Å². The monoisotopic (exact) mass is 494 g/mol. The van der Waals surface area contributed by atoms with Crippen molar-refractivity contribution in [2.75, 3.05) is 4.43 Å². The van der Waals surface area contributed by atoms with Gasteiger partial charge in [-0.25, -0.2) is 0 Å². The predicted molar refractivity (Wildman–Crippen MR) is 121 cm³/mol. The Bertz CT molecular complexity index is 470. The van der Waals surface area contributed by atoms with E-state index in [1.807, 2.05) is 0 Å². The van der Waals surface area contributed by atoms with Gasteiger partial charge < -0.3 is 9.16 Å². The Morgan fingerprint density at radius 3 is 2.50 bits per heavy atom. The lowest BCUT2D eigenvalue weighted by Crippen LogP contribution is -2.45. The molecule has 0 saturated carbocycles. The average Bonchev–Trinajstić information content (AvgIpc) is 2.53. The van der Waals surface area contributed by atoms with Gasteiger partial charge in [0.05, 0.1) is 0 Å². The molecule has 1 heterocycles. The first-order valence-electron chi connectivity index (χ1n) is 10.1.